The van der Waals surface area contributed by atoms with Crippen molar-refractivity contribution in [2.24, 2.45) is 11.8 Å². The first-order chi connectivity index (χ1) is 15.2. The average molecular weight is 504 g/mol. The van der Waals surface area contributed by atoms with Crippen LogP contribution in [0.15, 0.2) is 40.9 Å². The fraction of sp³-hybridized carbons (Fsp3) is 0.500. The van der Waals surface area contributed by atoms with Crippen molar-refractivity contribution in [3.63, 3.8) is 0 Å². The number of nitrogens with zero attached hydrogens (tertiary/aromatic N) is 2. The minimum absolute atomic E-state index is 0.0137. The lowest BCUT2D eigenvalue weighted by Crippen LogP contribution is -2.49. The van der Waals surface area contributed by atoms with Crippen LogP contribution in [-0.4, -0.2) is 52.1 Å². The van der Waals surface area contributed by atoms with Gasteiger partial charge in [0.2, 0.25) is 23.6 Å². The molecule has 0 bridgehead atoms. The van der Waals surface area contributed by atoms with Gasteiger partial charge in [0.05, 0.1) is 11.8 Å². The van der Waals surface area contributed by atoms with Gasteiger partial charge in [-0.2, -0.15) is 0 Å². The minimum Gasteiger partial charge on any atom is -0.352 e. The molecule has 0 unspecified atom stereocenters. The number of nitrogens with one attached hydrogen (secondary N) is 1. The summed E-state index contributed by atoms with van der Waals surface area (Å²) in [5.41, 5.74) is 0.885. The van der Waals surface area contributed by atoms with Crippen molar-refractivity contribution in [3.05, 3.63) is 46.5 Å². The number of hydrogen-bond donors (Lipinski definition) is 1. The Kier molecular flexibility index (Phi) is 7.87. The first-order valence-electron chi connectivity index (χ1n) is 11.0. The average Bonchev–Trinajstić information content (AvgIpc) is 3.00. The number of fused-ring (bicyclic) bond motifs is 1. The largest absolute Gasteiger partial charge is 0.352 e. The summed E-state index contributed by atoms with van der Waals surface area (Å²) in [6.07, 6.45) is 5.01. The molecule has 172 valence electrons. The van der Waals surface area contributed by atoms with Crippen LogP contribution in [0.5, 0.6) is 0 Å². The van der Waals surface area contributed by atoms with E-state index in [0.29, 0.717) is 12.8 Å². The normalized spacial score (nSPS) is 21.0. The lowest BCUT2D eigenvalue weighted by molar-refractivity contribution is -0.143. The molecule has 0 aromatic heterocycles. The summed E-state index contributed by atoms with van der Waals surface area (Å²) in [7, 11) is 0. The van der Waals surface area contributed by atoms with Gasteiger partial charge in [-0.15, -0.1) is 0 Å². The predicted molar refractivity (Wildman–Crippen MR) is 124 cm³/mol. The Morgan fingerprint density at radius 3 is 2.16 bits per heavy atom. The monoisotopic (exact) mass is 503 g/mol. The number of imide groups is 1. The number of carbonyl (C=O) groups is 4. The summed E-state index contributed by atoms with van der Waals surface area (Å²) in [6.45, 7) is 5.73. The highest BCUT2D eigenvalue weighted by Gasteiger charge is 2.47. The van der Waals surface area contributed by atoms with Crippen LogP contribution in [0.4, 0.5) is 0 Å². The number of hydrogen-bond acceptors (Lipinski definition) is 4. The Morgan fingerprint density at radius 2 is 1.62 bits per heavy atom. The Balaban J connectivity index is 1.71. The van der Waals surface area contributed by atoms with Crippen LogP contribution in [0, 0.1) is 11.8 Å². The van der Waals surface area contributed by atoms with Crippen molar-refractivity contribution < 1.29 is 19.2 Å². The lowest BCUT2D eigenvalue weighted by atomic mass is 9.85. The summed E-state index contributed by atoms with van der Waals surface area (Å²) < 4.78 is 0.923. The standard InChI is InChI=1S/C24H30BrN3O4/c1-15(2)26-22(30)16(3)28(14-17-8-10-18(25)11-9-17)21(29)12-13-27-23(31)19-6-4-5-7-20(19)24(27)32/h4-5,8-11,15-16,19-20H,6-7,12-14H2,1-3H3,(H,26,30)/t16-,19-,20+/m0/s1. The first kappa shape index (κ1) is 24.2. The molecule has 3 atom stereocenters. The molecular weight excluding hydrogens is 474 g/mol. The van der Waals surface area contributed by atoms with Gasteiger partial charge in [0.1, 0.15) is 6.04 Å². The van der Waals surface area contributed by atoms with Crippen LogP contribution in [0.2, 0.25) is 0 Å². The SMILES string of the molecule is CC(C)NC(=O)[C@H](C)N(Cc1ccc(Br)cc1)C(=O)CCN1C(=O)[C@H]2CC=CC[C@H]2C1=O. The molecule has 3 rings (SSSR count). The number of amides is 4. The highest BCUT2D eigenvalue weighted by Crippen LogP contribution is 2.35. The molecule has 8 heteroatoms. The van der Waals surface area contributed by atoms with E-state index in [9.17, 15) is 19.2 Å². The summed E-state index contributed by atoms with van der Waals surface area (Å²) in [5.74, 6) is -1.51. The van der Waals surface area contributed by atoms with Gasteiger partial charge in [-0.25, -0.2) is 0 Å². The summed E-state index contributed by atoms with van der Waals surface area (Å²) in [4.78, 5) is 54.0. The maximum atomic E-state index is 13.2. The molecule has 2 aliphatic rings. The second-order valence-electron chi connectivity index (χ2n) is 8.72. The molecule has 1 aliphatic heterocycles. The number of benzene rings is 1. The highest BCUT2D eigenvalue weighted by molar-refractivity contribution is 9.10. The number of rotatable bonds is 8. The van der Waals surface area contributed by atoms with E-state index in [1.165, 1.54) is 9.80 Å². The molecule has 1 saturated heterocycles. The van der Waals surface area contributed by atoms with Crippen LogP contribution in [-0.2, 0) is 25.7 Å². The minimum atomic E-state index is -0.690. The molecular formula is C24H30BrN3O4. The number of likely N-dealkylation sites (tertiary alicyclic amines) is 1. The Bertz CT molecular complexity index is 886. The van der Waals surface area contributed by atoms with Crippen LogP contribution >= 0.6 is 15.9 Å². The van der Waals surface area contributed by atoms with Crippen molar-refractivity contribution in [1.82, 2.24) is 15.1 Å². The zero-order valence-corrected chi connectivity index (χ0v) is 20.3. The summed E-state index contributed by atoms with van der Waals surface area (Å²) in [6, 6.07) is 6.81. The Labute approximate surface area is 197 Å². The van der Waals surface area contributed by atoms with Gasteiger partial charge in [0.15, 0.2) is 0 Å². The van der Waals surface area contributed by atoms with Crippen molar-refractivity contribution in [3.8, 4) is 0 Å². The fourth-order valence-electron chi connectivity index (χ4n) is 4.21. The van der Waals surface area contributed by atoms with E-state index in [4.69, 9.17) is 0 Å². The van der Waals surface area contributed by atoms with Crippen molar-refractivity contribution in [2.45, 2.75) is 58.7 Å². The van der Waals surface area contributed by atoms with Crippen LogP contribution in [0.25, 0.3) is 0 Å². The van der Waals surface area contributed by atoms with E-state index < -0.39 is 6.04 Å². The van der Waals surface area contributed by atoms with E-state index in [1.807, 2.05) is 50.3 Å². The van der Waals surface area contributed by atoms with Gasteiger partial charge in [-0.3, -0.25) is 24.1 Å². The first-order valence-corrected chi connectivity index (χ1v) is 11.8. The van der Waals surface area contributed by atoms with E-state index in [0.717, 1.165) is 10.0 Å². The maximum Gasteiger partial charge on any atom is 0.242 e. The van der Waals surface area contributed by atoms with Crippen LogP contribution in [0.3, 0.4) is 0 Å². The van der Waals surface area contributed by atoms with E-state index in [-0.39, 0.29) is 61.0 Å². The third kappa shape index (κ3) is 5.46. The zero-order chi connectivity index (χ0) is 23.4. The van der Waals surface area contributed by atoms with Gasteiger partial charge in [0, 0.05) is 30.0 Å². The lowest BCUT2D eigenvalue weighted by Gasteiger charge is -2.30. The van der Waals surface area contributed by atoms with Gasteiger partial charge >= 0.3 is 0 Å². The maximum absolute atomic E-state index is 13.2. The second-order valence-corrected chi connectivity index (χ2v) is 9.64. The number of allylic oxidation sites excluding steroid dienone is 2. The summed E-state index contributed by atoms with van der Waals surface area (Å²) >= 11 is 3.40. The zero-order valence-electron chi connectivity index (χ0n) is 18.7. The molecule has 1 heterocycles. The quantitative estimate of drug-likeness (QED) is 0.436. The highest BCUT2D eigenvalue weighted by atomic mass is 79.9. The fourth-order valence-corrected chi connectivity index (χ4v) is 4.48. The van der Waals surface area contributed by atoms with Crippen LogP contribution < -0.4 is 5.32 Å². The van der Waals surface area contributed by atoms with Gasteiger partial charge in [-0.1, -0.05) is 40.2 Å². The third-order valence-corrected chi connectivity index (χ3v) is 6.54. The van der Waals surface area contributed by atoms with E-state index in [1.54, 1.807) is 6.92 Å². The number of carbonyl (C=O) groups excluding carboxylic acids is 4. The van der Waals surface area contributed by atoms with Gasteiger partial charge in [0.25, 0.3) is 0 Å². The van der Waals surface area contributed by atoms with Crippen molar-refractivity contribution in [1.29, 1.82) is 0 Å². The molecule has 1 aliphatic carbocycles. The van der Waals surface area contributed by atoms with Gasteiger partial charge < -0.3 is 10.2 Å². The topological polar surface area (TPSA) is 86.8 Å². The molecule has 7 nitrogen and oxygen atoms in total. The molecule has 1 N–H and O–H groups in total. The summed E-state index contributed by atoms with van der Waals surface area (Å²) in [5, 5.41) is 2.85. The van der Waals surface area contributed by atoms with Crippen LogP contribution in [0.1, 0.15) is 45.6 Å². The van der Waals surface area contributed by atoms with Crippen molar-refractivity contribution in [2.75, 3.05) is 6.54 Å². The molecule has 1 aromatic carbocycles. The number of halogens is 1. The van der Waals surface area contributed by atoms with Crippen molar-refractivity contribution >= 4 is 39.6 Å². The Hall–Kier alpha value is -2.48. The second kappa shape index (κ2) is 10.4. The van der Waals surface area contributed by atoms with Gasteiger partial charge in [-0.05, 0) is 51.3 Å². The molecule has 0 saturated carbocycles. The molecule has 4 amide bonds. The van der Waals surface area contributed by atoms with E-state index >= 15 is 0 Å². The molecule has 32 heavy (non-hydrogen) atoms. The Morgan fingerprint density at radius 1 is 1.06 bits per heavy atom. The smallest absolute Gasteiger partial charge is 0.242 e. The predicted octanol–water partition coefficient (Wildman–Crippen LogP) is 3.03. The molecule has 1 fully saturated rings. The molecule has 0 spiro atoms. The van der Waals surface area contributed by atoms with E-state index in [2.05, 4.69) is 21.2 Å². The third-order valence-electron chi connectivity index (χ3n) is 6.01. The molecule has 1 aromatic rings. The molecule has 0 radical (unpaired) electrons.